The van der Waals surface area contributed by atoms with Gasteiger partial charge in [-0.1, -0.05) is 0 Å². The number of hydrogen-bond acceptors (Lipinski definition) is 7. The first-order valence-corrected chi connectivity index (χ1v) is 8.18. The lowest BCUT2D eigenvalue weighted by atomic mass is 10.1. The Bertz CT molecular complexity index is 503. The summed E-state index contributed by atoms with van der Waals surface area (Å²) in [7, 11) is 0. The van der Waals surface area contributed by atoms with Crippen LogP contribution in [-0.4, -0.2) is 72.0 Å². The van der Waals surface area contributed by atoms with Gasteiger partial charge in [-0.25, -0.2) is 0 Å². The van der Waals surface area contributed by atoms with Crippen molar-refractivity contribution in [2.75, 3.05) is 25.4 Å². The average Bonchev–Trinajstić information content (AvgIpc) is 3.05. The molecule has 24 heavy (non-hydrogen) atoms. The molecule has 0 aromatic carbocycles. The zero-order valence-corrected chi connectivity index (χ0v) is 14.1. The van der Waals surface area contributed by atoms with Gasteiger partial charge in [-0.15, -0.1) is 0 Å². The number of thiol groups is 1. The van der Waals surface area contributed by atoms with Crippen molar-refractivity contribution in [3.8, 4) is 0 Å². The zero-order chi connectivity index (χ0) is 18.3. The topological polar surface area (TPSA) is 174 Å². The number of carbonyl (C=O) groups is 4. The van der Waals surface area contributed by atoms with E-state index in [1.54, 1.807) is 0 Å². The molecule has 0 radical (unpaired) electrons. The molecule has 4 amide bonds. The van der Waals surface area contributed by atoms with Crippen LogP contribution in [0.25, 0.3) is 0 Å². The van der Waals surface area contributed by atoms with Crippen LogP contribution in [0.5, 0.6) is 0 Å². The minimum absolute atomic E-state index is 0.160. The first-order valence-electron chi connectivity index (χ1n) is 7.55. The highest BCUT2D eigenvalue weighted by molar-refractivity contribution is 7.80. The van der Waals surface area contributed by atoms with Crippen molar-refractivity contribution in [2.45, 2.75) is 31.0 Å². The number of carbonyl (C=O) groups excluding carboxylic acids is 4. The Morgan fingerprint density at radius 2 is 1.96 bits per heavy atom. The second-order valence-electron chi connectivity index (χ2n) is 5.46. The van der Waals surface area contributed by atoms with Gasteiger partial charge in [-0.3, -0.25) is 19.2 Å². The fraction of sp³-hybridized carbons (Fsp3) is 0.692. The van der Waals surface area contributed by atoms with Crippen molar-refractivity contribution >= 4 is 36.3 Å². The van der Waals surface area contributed by atoms with Crippen LogP contribution < -0.4 is 27.8 Å². The normalized spacial score (nSPS) is 19.5. The summed E-state index contributed by atoms with van der Waals surface area (Å²) < 4.78 is 0. The van der Waals surface area contributed by atoms with Crippen molar-refractivity contribution in [3.05, 3.63) is 0 Å². The molecule has 136 valence electrons. The van der Waals surface area contributed by atoms with Crippen LogP contribution >= 0.6 is 12.6 Å². The maximum atomic E-state index is 12.4. The van der Waals surface area contributed by atoms with Gasteiger partial charge >= 0.3 is 0 Å². The molecule has 1 heterocycles. The number of rotatable bonds is 8. The van der Waals surface area contributed by atoms with Crippen molar-refractivity contribution < 1.29 is 19.2 Å². The molecule has 10 nitrogen and oxygen atoms in total. The smallest absolute Gasteiger partial charge is 0.244 e. The third-order valence-corrected chi connectivity index (χ3v) is 4.05. The first-order chi connectivity index (χ1) is 11.3. The highest BCUT2D eigenvalue weighted by Crippen LogP contribution is 2.18. The van der Waals surface area contributed by atoms with Gasteiger partial charge in [-0.05, 0) is 12.8 Å². The maximum Gasteiger partial charge on any atom is 0.244 e. The fourth-order valence-electron chi connectivity index (χ4n) is 2.39. The van der Waals surface area contributed by atoms with Crippen LogP contribution in [0.2, 0.25) is 0 Å². The SMILES string of the molecule is NC[C@H](NC(=O)[C@@H]1CCCN1C(=O)[C@@H](N)CS)C(=O)NCC(N)=O. The second kappa shape index (κ2) is 9.45. The molecule has 3 atom stereocenters. The van der Waals surface area contributed by atoms with Crippen molar-refractivity contribution in [1.29, 1.82) is 0 Å². The quantitative estimate of drug-likeness (QED) is 0.243. The van der Waals surface area contributed by atoms with Crippen LogP contribution in [0, 0.1) is 0 Å². The first kappa shape index (κ1) is 20.2. The number of primary amides is 1. The minimum Gasteiger partial charge on any atom is -0.368 e. The van der Waals surface area contributed by atoms with E-state index in [9.17, 15) is 19.2 Å². The molecule has 1 aliphatic rings. The molecule has 11 heteroatoms. The van der Waals surface area contributed by atoms with E-state index in [0.29, 0.717) is 19.4 Å². The van der Waals surface area contributed by atoms with Gasteiger partial charge < -0.3 is 32.7 Å². The number of hydrogen-bond donors (Lipinski definition) is 6. The summed E-state index contributed by atoms with van der Waals surface area (Å²) in [5.74, 6) is -2.00. The summed E-state index contributed by atoms with van der Waals surface area (Å²) >= 11 is 3.99. The van der Waals surface area contributed by atoms with E-state index in [2.05, 4.69) is 23.3 Å². The lowest BCUT2D eigenvalue weighted by molar-refractivity contribution is -0.140. The van der Waals surface area contributed by atoms with Crippen molar-refractivity contribution in [2.24, 2.45) is 17.2 Å². The summed E-state index contributed by atoms with van der Waals surface area (Å²) in [6.07, 6.45) is 1.13. The van der Waals surface area contributed by atoms with E-state index >= 15 is 0 Å². The predicted molar refractivity (Wildman–Crippen MR) is 89.8 cm³/mol. The van der Waals surface area contributed by atoms with Gasteiger partial charge in [0.1, 0.15) is 12.1 Å². The molecule has 1 aliphatic heterocycles. The van der Waals surface area contributed by atoms with E-state index in [4.69, 9.17) is 17.2 Å². The largest absolute Gasteiger partial charge is 0.368 e. The standard InChI is InChI=1S/C13H24N6O4S/c14-4-8(11(21)17-5-10(16)20)18-12(22)9-2-1-3-19(9)13(23)7(15)6-24/h7-9,24H,1-6,14-15H2,(H2,16,20)(H,17,21)(H,18,22)/t7-,8-,9-/m0/s1. The van der Waals surface area contributed by atoms with Crippen LogP contribution in [-0.2, 0) is 19.2 Å². The number of nitrogens with two attached hydrogens (primary N) is 3. The van der Waals surface area contributed by atoms with Crippen LogP contribution in [0.3, 0.4) is 0 Å². The van der Waals surface area contributed by atoms with E-state index in [1.165, 1.54) is 4.90 Å². The fourth-order valence-corrected chi connectivity index (χ4v) is 2.55. The Balaban J connectivity index is 2.68. The predicted octanol–water partition coefficient (Wildman–Crippen LogP) is -3.72. The number of amides is 4. The monoisotopic (exact) mass is 360 g/mol. The molecular weight excluding hydrogens is 336 g/mol. The van der Waals surface area contributed by atoms with E-state index in [1.807, 2.05) is 0 Å². The Labute approximate surface area is 145 Å². The zero-order valence-electron chi connectivity index (χ0n) is 13.2. The molecule has 8 N–H and O–H groups in total. The number of nitrogens with zero attached hydrogens (tertiary/aromatic N) is 1. The molecular formula is C13H24N6O4S. The van der Waals surface area contributed by atoms with Gasteiger partial charge in [0.15, 0.2) is 0 Å². The molecule has 0 saturated carbocycles. The molecule has 0 aromatic rings. The third-order valence-electron chi connectivity index (χ3n) is 3.66. The van der Waals surface area contributed by atoms with Crippen molar-refractivity contribution in [3.63, 3.8) is 0 Å². The molecule has 0 aromatic heterocycles. The van der Waals surface area contributed by atoms with Gasteiger partial charge in [0, 0.05) is 18.8 Å². The Morgan fingerprint density at radius 1 is 1.29 bits per heavy atom. The Kier molecular flexibility index (Phi) is 7.95. The van der Waals surface area contributed by atoms with Crippen LogP contribution in [0.15, 0.2) is 0 Å². The van der Waals surface area contributed by atoms with Crippen LogP contribution in [0.1, 0.15) is 12.8 Å². The lowest BCUT2D eigenvalue weighted by Crippen LogP contribution is -2.57. The molecule has 1 saturated heterocycles. The summed E-state index contributed by atoms with van der Waals surface area (Å²) in [6, 6.07) is -2.51. The van der Waals surface area contributed by atoms with Gasteiger partial charge in [0.05, 0.1) is 12.6 Å². The molecule has 1 rings (SSSR count). The minimum atomic E-state index is -1.02. The lowest BCUT2D eigenvalue weighted by Gasteiger charge is -2.27. The summed E-state index contributed by atoms with van der Waals surface area (Å²) in [5.41, 5.74) is 16.1. The summed E-state index contributed by atoms with van der Waals surface area (Å²) in [5, 5.41) is 4.76. The maximum absolute atomic E-state index is 12.4. The van der Waals surface area contributed by atoms with Gasteiger partial charge in [0.2, 0.25) is 23.6 Å². The Hall–Kier alpha value is -1.85. The van der Waals surface area contributed by atoms with Crippen molar-refractivity contribution in [1.82, 2.24) is 15.5 Å². The molecule has 0 aliphatic carbocycles. The second-order valence-corrected chi connectivity index (χ2v) is 5.82. The number of likely N-dealkylation sites (tertiary alicyclic amines) is 1. The van der Waals surface area contributed by atoms with Crippen LogP contribution in [0.4, 0.5) is 0 Å². The summed E-state index contributed by atoms with van der Waals surface area (Å²) in [6.45, 7) is -0.0945. The van der Waals surface area contributed by atoms with E-state index in [-0.39, 0.29) is 24.7 Å². The molecule has 0 spiro atoms. The Morgan fingerprint density at radius 3 is 2.50 bits per heavy atom. The summed E-state index contributed by atoms with van der Waals surface area (Å²) in [4.78, 5) is 48.5. The highest BCUT2D eigenvalue weighted by Gasteiger charge is 2.37. The van der Waals surface area contributed by atoms with E-state index < -0.39 is 35.8 Å². The van der Waals surface area contributed by atoms with Gasteiger partial charge in [0.25, 0.3) is 0 Å². The highest BCUT2D eigenvalue weighted by atomic mass is 32.1. The number of nitrogens with one attached hydrogen (secondary N) is 2. The molecule has 0 bridgehead atoms. The van der Waals surface area contributed by atoms with Gasteiger partial charge in [-0.2, -0.15) is 12.6 Å². The van der Waals surface area contributed by atoms with E-state index in [0.717, 1.165) is 0 Å². The average molecular weight is 360 g/mol. The molecule has 1 fully saturated rings. The third kappa shape index (κ3) is 5.35. The molecule has 0 unspecified atom stereocenters.